The van der Waals surface area contributed by atoms with Crippen molar-refractivity contribution in [2.24, 2.45) is 0 Å². The molecule has 0 saturated heterocycles. The Morgan fingerprint density at radius 2 is 2.14 bits per heavy atom. The molecule has 1 amide bonds. The maximum absolute atomic E-state index is 11.3. The highest BCUT2D eigenvalue weighted by molar-refractivity contribution is 5.95. The van der Waals surface area contributed by atoms with Crippen molar-refractivity contribution >= 4 is 17.3 Å². The van der Waals surface area contributed by atoms with Crippen molar-refractivity contribution in [1.82, 2.24) is 0 Å². The first-order valence-electron chi connectivity index (χ1n) is 6.69. The number of rotatable bonds is 4. The van der Waals surface area contributed by atoms with E-state index >= 15 is 0 Å². The largest absolute Gasteiger partial charge is 0.495 e. The van der Waals surface area contributed by atoms with E-state index in [0.717, 1.165) is 17.0 Å². The second-order valence-corrected chi connectivity index (χ2v) is 4.72. The molecule has 0 aromatic heterocycles. The number of hydrogen-bond acceptors (Lipinski definition) is 4. The van der Waals surface area contributed by atoms with Gasteiger partial charge in [0.1, 0.15) is 11.5 Å². The molecular formula is C16H16N2O3. The minimum absolute atomic E-state index is 0.0752. The zero-order valence-electron chi connectivity index (χ0n) is 11.7. The minimum Gasteiger partial charge on any atom is -0.495 e. The topological polar surface area (TPSA) is 59.6 Å². The second-order valence-electron chi connectivity index (χ2n) is 4.72. The van der Waals surface area contributed by atoms with E-state index in [2.05, 4.69) is 10.6 Å². The highest BCUT2D eigenvalue weighted by Crippen LogP contribution is 2.29. The summed E-state index contributed by atoms with van der Waals surface area (Å²) in [5.74, 6) is 1.38. The summed E-state index contributed by atoms with van der Waals surface area (Å²) < 4.78 is 10.6. The van der Waals surface area contributed by atoms with Crippen LogP contribution in [0, 0.1) is 0 Å². The molecule has 1 aliphatic heterocycles. The third-order valence-electron chi connectivity index (χ3n) is 3.27. The van der Waals surface area contributed by atoms with Crippen LogP contribution < -0.4 is 20.1 Å². The Morgan fingerprint density at radius 1 is 1.29 bits per heavy atom. The average Bonchev–Trinajstić information content (AvgIpc) is 2.52. The van der Waals surface area contributed by atoms with Crippen molar-refractivity contribution in [1.29, 1.82) is 0 Å². The fraction of sp³-hybridized carbons (Fsp3) is 0.188. The maximum atomic E-state index is 11.3. The number of anilines is 2. The van der Waals surface area contributed by atoms with Crippen LogP contribution in [0.5, 0.6) is 11.5 Å². The van der Waals surface area contributed by atoms with Crippen LogP contribution in [0.3, 0.4) is 0 Å². The van der Waals surface area contributed by atoms with Crippen molar-refractivity contribution < 1.29 is 14.3 Å². The Hall–Kier alpha value is -2.69. The molecule has 0 radical (unpaired) electrons. The Bertz CT molecular complexity index is 670. The van der Waals surface area contributed by atoms with Gasteiger partial charge in [0, 0.05) is 6.54 Å². The third-order valence-corrected chi connectivity index (χ3v) is 3.27. The van der Waals surface area contributed by atoms with Gasteiger partial charge in [-0.3, -0.25) is 4.79 Å². The van der Waals surface area contributed by atoms with E-state index in [9.17, 15) is 4.79 Å². The number of benzene rings is 2. The number of ether oxygens (including phenoxy) is 2. The lowest BCUT2D eigenvalue weighted by atomic mass is 10.1. The number of nitrogens with one attached hydrogen (secondary N) is 2. The maximum Gasteiger partial charge on any atom is 0.262 e. The van der Waals surface area contributed by atoms with Crippen LogP contribution in [0.1, 0.15) is 5.56 Å². The number of fused-ring (bicyclic) bond motifs is 1. The lowest BCUT2D eigenvalue weighted by Crippen LogP contribution is -2.25. The molecular weight excluding hydrogens is 268 g/mol. The number of amides is 1. The molecule has 0 spiro atoms. The van der Waals surface area contributed by atoms with Gasteiger partial charge in [0.2, 0.25) is 0 Å². The van der Waals surface area contributed by atoms with Gasteiger partial charge in [0.05, 0.1) is 18.5 Å². The molecule has 108 valence electrons. The van der Waals surface area contributed by atoms with Crippen LogP contribution in [-0.2, 0) is 11.3 Å². The van der Waals surface area contributed by atoms with E-state index in [1.165, 1.54) is 0 Å². The normalized spacial score (nSPS) is 12.9. The highest BCUT2D eigenvalue weighted by atomic mass is 16.5. The number of hydrogen-bond donors (Lipinski definition) is 2. The van der Waals surface area contributed by atoms with E-state index in [-0.39, 0.29) is 12.5 Å². The fourth-order valence-electron chi connectivity index (χ4n) is 2.23. The fourth-order valence-corrected chi connectivity index (χ4v) is 2.23. The van der Waals surface area contributed by atoms with Gasteiger partial charge in [0.25, 0.3) is 5.91 Å². The number of methoxy groups -OCH3 is 1. The van der Waals surface area contributed by atoms with E-state index in [1.807, 2.05) is 42.5 Å². The predicted octanol–water partition coefficient (Wildman–Crippen LogP) is 2.64. The molecule has 5 heteroatoms. The molecule has 0 bridgehead atoms. The predicted molar refractivity (Wildman–Crippen MR) is 80.9 cm³/mol. The number of carbonyl (C=O) groups is 1. The third kappa shape index (κ3) is 2.91. The lowest BCUT2D eigenvalue weighted by Gasteiger charge is -2.19. The molecule has 2 aromatic carbocycles. The molecule has 0 aliphatic carbocycles. The molecule has 2 N–H and O–H groups in total. The van der Waals surface area contributed by atoms with Crippen LogP contribution in [-0.4, -0.2) is 19.6 Å². The summed E-state index contributed by atoms with van der Waals surface area (Å²) in [4.78, 5) is 11.3. The minimum atomic E-state index is -0.127. The summed E-state index contributed by atoms with van der Waals surface area (Å²) in [6.45, 7) is 0.704. The molecule has 21 heavy (non-hydrogen) atoms. The SMILES string of the molecule is COc1ccccc1NCc1ccc2c(c1)NC(=O)CO2. The van der Waals surface area contributed by atoms with Gasteiger partial charge in [-0.25, -0.2) is 0 Å². The average molecular weight is 284 g/mol. The Kier molecular flexibility index (Phi) is 3.64. The smallest absolute Gasteiger partial charge is 0.262 e. The van der Waals surface area contributed by atoms with Crippen molar-refractivity contribution in [2.45, 2.75) is 6.54 Å². The Balaban J connectivity index is 1.74. The van der Waals surface area contributed by atoms with Crippen molar-refractivity contribution in [3.05, 3.63) is 48.0 Å². The van der Waals surface area contributed by atoms with Gasteiger partial charge in [-0.2, -0.15) is 0 Å². The van der Waals surface area contributed by atoms with Crippen molar-refractivity contribution in [3.8, 4) is 11.5 Å². The standard InChI is InChI=1S/C16H16N2O3/c1-20-14-5-3-2-4-12(14)17-9-11-6-7-15-13(8-11)18-16(19)10-21-15/h2-8,17H,9-10H2,1H3,(H,18,19). The first-order valence-corrected chi connectivity index (χ1v) is 6.69. The van der Waals surface area contributed by atoms with E-state index in [1.54, 1.807) is 7.11 Å². The molecule has 3 rings (SSSR count). The van der Waals surface area contributed by atoms with Crippen LogP contribution in [0.2, 0.25) is 0 Å². The molecule has 5 nitrogen and oxygen atoms in total. The summed E-state index contributed by atoms with van der Waals surface area (Å²) in [6, 6.07) is 13.5. The summed E-state index contributed by atoms with van der Waals surface area (Å²) >= 11 is 0. The zero-order chi connectivity index (χ0) is 14.7. The van der Waals surface area contributed by atoms with Gasteiger partial charge in [-0.1, -0.05) is 18.2 Å². The van der Waals surface area contributed by atoms with Crippen LogP contribution in [0.15, 0.2) is 42.5 Å². The molecule has 1 aliphatic rings. The molecule has 0 unspecified atom stereocenters. The first-order chi connectivity index (χ1) is 10.3. The molecule has 0 saturated carbocycles. The number of para-hydroxylation sites is 2. The zero-order valence-corrected chi connectivity index (χ0v) is 11.7. The van der Waals surface area contributed by atoms with Gasteiger partial charge < -0.3 is 20.1 Å². The van der Waals surface area contributed by atoms with E-state index in [0.29, 0.717) is 18.0 Å². The summed E-state index contributed by atoms with van der Waals surface area (Å²) in [6.07, 6.45) is 0. The van der Waals surface area contributed by atoms with Crippen LogP contribution in [0.25, 0.3) is 0 Å². The van der Waals surface area contributed by atoms with Gasteiger partial charge in [-0.05, 0) is 29.8 Å². The van der Waals surface area contributed by atoms with Crippen LogP contribution >= 0.6 is 0 Å². The monoisotopic (exact) mass is 284 g/mol. The molecule has 2 aromatic rings. The second kappa shape index (κ2) is 5.75. The van der Waals surface area contributed by atoms with Gasteiger partial charge >= 0.3 is 0 Å². The van der Waals surface area contributed by atoms with Crippen molar-refractivity contribution in [2.75, 3.05) is 24.4 Å². The molecule has 1 heterocycles. The lowest BCUT2D eigenvalue weighted by molar-refractivity contribution is -0.118. The summed E-state index contributed by atoms with van der Waals surface area (Å²) in [5, 5.41) is 6.12. The molecule has 0 fully saturated rings. The number of carbonyl (C=O) groups excluding carboxylic acids is 1. The van der Waals surface area contributed by atoms with Crippen LogP contribution in [0.4, 0.5) is 11.4 Å². The Morgan fingerprint density at radius 3 is 3.00 bits per heavy atom. The summed E-state index contributed by atoms with van der Waals surface area (Å²) in [7, 11) is 1.65. The van der Waals surface area contributed by atoms with E-state index < -0.39 is 0 Å². The van der Waals surface area contributed by atoms with E-state index in [4.69, 9.17) is 9.47 Å². The quantitative estimate of drug-likeness (QED) is 0.906. The summed E-state index contributed by atoms with van der Waals surface area (Å²) in [5.41, 5.74) is 2.69. The molecule has 0 atom stereocenters. The first kappa shape index (κ1) is 13.3. The van der Waals surface area contributed by atoms with Gasteiger partial charge in [-0.15, -0.1) is 0 Å². The van der Waals surface area contributed by atoms with Gasteiger partial charge in [0.15, 0.2) is 6.61 Å². The van der Waals surface area contributed by atoms with Crippen molar-refractivity contribution in [3.63, 3.8) is 0 Å². The highest BCUT2D eigenvalue weighted by Gasteiger charge is 2.15. The Labute approximate surface area is 122 Å².